The third-order valence-corrected chi connectivity index (χ3v) is 6.37. The van der Waals surface area contributed by atoms with E-state index in [2.05, 4.69) is 17.2 Å². The first-order valence-corrected chi connectivity index (χ1v) is 9.60. The Balaban J connectivity index is 1.70. The van der Waals surface area contributed by atoms with Crippen LogP contribution < -0.4 is 5.32 Å². The average Bonchev–Trinajstić information content (AvgIpc) is 3.17. The Morgan fingerprint density at radius 3 is 2.71 bits per heavy atom. The molecule has 5 heteroatoms. The molecular formula is C19H20N4S. The van der Waals surface area contributed by atoms with E-state index in [1.807, 2.05) is 23.5 Å². The number of aryl methyl sites for hydroxylation is 2. The number of hydrogen-bond donors (Lipinski definition) is 1. The molecule has 2 unspecified atom stereocenters. The number of nitrogens with one attached hydrogen (secondary N) is 1. The molecule has 122 valence electrons. The zero-order valence-corrected chi connectivity index (χ0v) is 14.6. The first kappa shape index (κ1) is 14.3. The Bertz CT molecular complexity index is 903. The molecule has 0 saturated heterocycles. The highest BCUT2D eigenvalue weighted by molar-refractivity contribution is 7.19. The Labute approximate surface area is 145 Å². The molecule has 2 atom stereocenters. The van der Waals surface area contributed by atoms with Crippen LogP contribution in [-0.4, -0.2) is 21.0 Å². The number of fused-ring (bicyclic) bond motifs is 3. The van der Waals surface area contributed by atoms with Gasteiger partial charge < -0.3 is 5.32 Å². The summed E-state index contributed by atoms with van der Waals surface area (Å²) < 4.78 is 0. The highest BCUT2D eigenvalue weighted by Crippen LogP contribution is 2.41. The number of anilines is 1. The molecule has 0 amide bonds. The summed E-state index contributed by atoms with van der Waals surface area (Å²) in [5.41, 5.74) is 2.53. The van der Waals surface area contributed by atoms with Gasteiger partial charge in [0.25, 0.3) is 0 Å². The van der Waals surface area contributed by atoms with E-state index in [4.69, 9.17) is 9.97 Å². The maximum absolute atomic E-state index is 4.92. The Hall–Kier alpha value is -2.01. The molecule has 2 aliphatic carbocycles. The zero-order chi connectivity index (χ0) is 16.1. The number of pyridine rings is 1. The van der Waals surface area contributed by atoms with Crippen molar-refractivity contribution in [2.45, 2.75) is 45.1 Å². The molecule has 1 fully saturated rings. The van der Waals surface area contributed by atoms with E-state index in [9.17, 15) is 0 Å². The van der Waals surface area contributed by atoms with Crippen LogP contribution >= 0.6 is 11.3 Å². The van der Waals surface area contributed by atoms with Gasteiger partial charge in [-0.2, -0.15) is 0 Å². The van der Waals surface area contributed by atoms with Crippen LogP contribution in [0.2, 0.25) is 0 Å². The van der Waals surface area contributed by atoms with E-state index in [0.717, 1.165) is 28.0 Å². The minimum atomic E-state index is 0.563. The maximum atomic E-state index is 4.92. The second-order valence-electron chi connectivity index (χ2n) is 6.99. The minimum absolute atomic E-state index is 0.563. The van der Waals surface area contributed by atoms with Gasteiger partial charge in [-0.25, -0.2) is 9.97 Å². The van der Waals surface area contributed by atoms with E-state index < -0.39 is 0 Å². The monoisotopic (exact) mass is 336 g/mol. The SMILES string of the molecule is CC1CC1Nc1nc(-c2ccncc2)nc2sc3c(c12)CCCC3. The minimum Gasteiger partial charge on any atom is -0.366 e. The van der Waals surface area contributed by atoms with E-state index in [1.165, 1.54) is 47.9 Å². The largest absolute Gasteiger partial charge is 0.366 e. The zero-order valence-electron chi connectivity index (χ0n) is 13.7. The number of hydrogen-bond acceptors (Lipinski definition) is 5. The van der Waals surface area contributed by atoms with Gasteiger partial charge in [-0.3, -0.25) is 4.98 Å². The predicted molar refractivity (Wildman–Crippen MR) is 98.5 cm³/mol. The van der Waals surface area contributed by atoms with Crippen molar-refractivity contribution in [3.63, 3.8) is 0 Å². The summed E-state index contributed by atoms with van der Waals surface area (Å²) in [4.78, 5) is 16.6. The lowest BCUT2D eigenvalue weighted by atomic mass is 9.97. The van der Waals surface area contributed by atoms with Crippen LogP contribution in [0.5, 0.6) is 0 Å². The summed E-state index contributed by atoms with van der Waals surface area (Å²) in [6.07, 6.45) is 9.79. The molecule has 0 spiro atoms. The highest BCUT2D eigenvalue weighted by Gasteiger charge is 2.34. The molecule has 0 aromatic carbocycles. The van der Waals surface area contributed by atoms with Crippen LogP contribution in [0.4, 0.5) is 5.82 Å². The van der Waals surface area contributed by atoms with Gasteiger partial charge in [-0.05, 0) is 55.7 Å². The average molecular weight is 336 g/mol. The maximum Gasteiger partial charge on any atom is 0.163 e. The number of rotatable bonds is 3. The molecule has 0 aliphatic heterocycles. The first-order valence-electron chi connectivity index (χ1n) is 8.79. The van der Waals surface area contributed by atoms with Crippen molar-refractivity contribution in [1.29, 1.82) is 0 Å². The molecule has 1 N–H and O–H groups in total. The topological polar surface area (TPSA) is 50.7 Å². The molecule has 3 heterocycles. The summed E-state index contributed by atoms with van der Waals surface area (Å²) in [6.45, 7) is 2.29. The van der Waals surface area contributed by atoms with Crippen LogP contribution in [0.3, 0.4) is 0 Å². The van der Waals surface area contributed by atoms with Gasteiger partial charge in [0.05, 0.1) is 5.39 Å². The molecule has 1 saturated carbocycles. The summed E-state index contributed by atoms with van der Waals surface area (Å²) in [5, 5.41) is 4.98. The fourth-order valence-corrected chi connectivity index (χ4v) is 4.85. The summed E-state index contributed by atoms with van der Waals surface area (Å²) in [6, 6.07) is 4.53. The number of nitrogens with zero attached hydrogens (tertiary/aromatic N) is 3. The van der Waals surface area contributed by atoms with Gasteiger partial charge in [-0.15, -0.1) is 11.3 Å². The van der Waals surface area contributed by atoms with Crippen LogP contribution in [0.15, 0.2) is 24.5 Å². The van der Waals surface area contributed by atoms with Crippen LogP contribution in [0, 0.1) is 5.92 Å². The first-order chi connectivity index (χ1) is 11.8. The summed E-state index contributed by atoms with van der Waals surface area (Å²) >= 11 is 1.86. The summed E-state index contributed by atoms with van der Waals surface area (Å²) in [7, 11) is 0. The van der Waals surface area contributed by atoms with Gasteiger partial charge in [-0.1, -0.05) is 6.92 Å². The lowest BCUT2D eigenvalue weighted by molar-refractivity contribution is 0.700. The molecule has 0 bridgehead atoms. The molecule has 4 nitrogen and oxygen atoms in total. The Morgan fingerprint density at radius 2 is 1.92 bits per heavy atom. The van der Waals surface area contributed by atoms with Crippen molar-refractivity contribution in [3.8, 4) is 11.4 Å². The van der Waals surface area contributed by atoms with Crippen LogP contribution in [0.25, 0.3) is 21.6 Å². The van der Waals surface area contributed by atoms with E-state index in [0.29, 0.717) is 6.04 Å². The number of aromatic nitrogens is 3. The van der Waals surface area contributed by atoms with Crippen molar-refractivity contribution in [3.05, 3.63) is 35.0 Å². The molecule has 5 rings (SSSR count). The van der Waals surface area contributed by atoms with Gasteiger partial charge in [0.1, 0.15) is 10.6 Å². The fourth-order valence-electron chi connectivity index (χ4n) is 3.59. The second kappa shape index (κ2) is 5.52. The van der Waals surface area contributed by atoms with Gasteiger partial charge in [0.15, 0.2) is 5.82 Å². The smallest absolute Gasteiger partial charge is 0.163 e. The van der Waals surface area contributed by atoms with E-state index in [-0.39, 0.29) is 0 Å². The predicted octanol–water partition coefficient (Wildman–Crippen LogP) is 4.45. The fraction of sp³-hybridized carbons (Fsp3) is 0.421. The van der Waals surface area contributed by atoms with Crippen LogP contribution in [0.1, 0.15) is 36.6 Å². The third-order valence-electron chi connectivity index (χ3n) is 5.18. The lowest BCUT2D eigenvalue weighted by Crippen LogP contribution is -2.08. The van der Waals surface area contributed by atoms with Gasteiger partial charge in [0.2, 0.25) is 0 Å². The molecule has 2 aliphatic rings. The molecule has 24 heavy (non-hydrogen) atoms. The standard InChI is InChI=1S/C19H20N4S/c1-11-10-14(11)21-18-16-13-4-2-3-5-15(13)24-19(16)23-17(22-18)12-6-8-20-9-7-12/h6-9,11,14H,2-5,10H2,1H3,(H,21,22,23). The van der Waals surface area contributed by atoms with E-state index in [1.54, 1.807) is 12.4 Å². The van der Waals surface area contributed by atoms with Crippen molar-refractivity contribution in [2.24, 2.45) is 5.92 Å². The number of thiophene rings is 1. The van der Waals surface area contributed by atoms with Crippen molar-refractivity contribution >= 4 is 27.4 Å². The van der Waals surface area contributed by atoms with Gasteiger partial charge in [0, 0.05) is 28.9 Å². The van der Waals surface area contributed by atoms with Crippen molar-refractivity contribution in [2.75, 3.05) is 5.32 Å². The van der Waals surface area contributed by atoms with Crippen LogP contribution in [-0.2, 0) is 12.8 Å². The Morgan fingerprint density at radius 1 is 1.12 bits per heavy atom. The highest BCUT2D eigenvalue weighted by atomic mass is 32.1. The lowest BCUT2D eigenvalue weighted by Gasteiger charge is -2.13. The Kier molecular flexibility index (Phi) is 3.30. The molecule has 3 aromatic rings. The normalized spacial score (nSPS) is 22.4. The quantitative estimate of drug-likeness (QED) is 0.767. The summed E-state index contributed by atoms with van der Waals surface area (Å²) in [5.74, 6) is 2.59. The van der Waals surface area contributed by atoms with Crippen molar-refractivity contribution in [1.82, 2.24) is 15.0 Å². The second-order valence-corrected chi connectivity index (χ2v) is 8.07. The molecule has 0 radical (unpaired) electrons. The molecule has 3 aromatic heterocycles. The van der Waals surface area contributed by atoms with Gasteiger partial charge >= 0.3 is 0 Å². The molecular weight excluding hydrogens is 316 g/mol. The van der Waals surface area contributed by atoms with E-state index >= 15 is 0 Å². The third kappa shape index (κ3) is 2.38. The van der Waals surface area contributed by atoms with Crippen molar-refractivity contribution < 1.29 is 0 Å².